The van der Waals surface area contributed by atoms with E-state index in [0.29, 0.717) is 0 Å². The number of nitrogens with one attached hydrogen (secondary N) is 1. The quantitative estimate of drug-likeness (QED) is 0.510. The maximum atomic E-state index is 3.50. The van der Waals surface area contributed by atoms with Gasteiger partial charge >= 0.3 is 0 Å². The van der Waals surface area contributed by atoms with Gasteiger partial charge < -0.3 is 5.32 Å². The van der Waals surface area contributed by atoms with Gasteiger partial charge in [-0.15, -0.1) is 12.4 Å². The molecule has 1 fully saturated rings. The molecule has 1 N–H and O–H groups in total. The number of rotatable bonds is 0. The lowest BCUT2D eigenvalue weighted by molar-refractivity contribution is 0.566. The van der Waals surface area contributed by atoms with Crippen LogP contribution in [-0.4, -0.2) is 12.1 Å². The van der Waals surface area contributed by atoms with Gasteiger partial charge in [-0.2, -0.15) is 0 Å². The monoisotopic (exact) mass is 145 g/mol. The first kappa shape index (κ1) is 7.10. The Labute approximate surface area is 61.9 Å². The van der Waals surface area contributed by atoms with Crippen LogP contribution in [0.3, 0.4) is 0 Å². The maximum absolute atomic E-state index is 3.50. The molecule has 2 atom stereocenters. The van der Waals surface area contributed by atoms with Crippen LogP contribution in [0.1, 0.15) is 19.3 Å². The van der Waals surface area contributed by atoms with Gasteiger partial charge in [0, 0.05) is 12.1 Å². The molecule has 1 saturated heterocycles. The predicted molar refractivity (Wildman–Crippen MR) is 41.0 cm³/mol. The molecule has 0 saturated carbocycles. The molecule has 2 aliphatic heterocycles. The molecule has 0 aliphatic carbocycles. The second-order valence-corrected chi connectivity index (χ2v) is 2.71. The third kappa shape index (κ3) is 1.28. The maximum Gasteiger partial charge on any atom is 0.0253 e. The van der Waals surface area contributed by atoms with Gasteiger partial charge in [-0.1, -0.05) is 12.2 Å². The van der Waals surface area contributed by atoms with E-state index in [1.807, 2.05) is 0 Å². The van der Waals surface area contributed by atoms with E-state index in [1.165, 1.54) is 19.3 Å². The van der Waals surface area contributed by atoms with Gasteiger partial charge in [0.15, 0.2) is 0 Å². The lowest BCUT2D eigenvalue weighted by Crippen LogP contribution is -2.30. The summed E-state index contributed by atoms with van der Waals surface area (Å²) in [5.41, 5.74) is 0. The Bertz CT molecular complexity index is 122. The summed E-state index contributed by atoms with van der Waals surface area (Å²) >= 11 is 0. The number of hydrogen-bond acceptors (Lipinski definition) is 1. The van der Waals surface area contributed by atoms with Gasteiger partial charge in [0.1, 0.15) is 0 Å². The molecule has 2 rings (SSSR count). The normalized spacial score (nSPS) is 38.2. The van der Waals surface area contributed by atoms with Gasteiger partial charge in [-0.05, 0) is 19.3 Å². The molecular weight excluding hydrogens is 134 g/mol. The molecule has 52 valence electrons. The summed E-state index contributed by atoms with van der Waals surface area (Å²) in [5.74, 6) is 0. The topological polar surface area (TPSA) is 12.0 Å². The van der Waals surface area contributed by atoms with Crippen LogP contribution >= 0.6 is 12.4 Å². The molecule has 0 radical (unpaired) electrons. The summed E-state index contributed by atoms with van der Waals surface area (Å²) in [6.45, 7) is 0. The first-order valence-electron chi connectivity index (χ1n) is 3.38. The van der Waals surface area contributed by atoms with Crippen molar-refractivity contribution in [1.29, 1.82) is 0 Å². The number of hydrogen-bond donors (Lipinski definition) is 1. The molecule has 0 spiro atoms. The van der Waals surface area contributed by atoms with Crippen LogP contribution in [0.15, 0.2) is 12.2 Å². The molecule has 9 heavy (non-hydrogen) atoms. The molecule has 0 amide bonds. The Hall–Kier alpha value is -0.0100. The van der Waals surface area contributed by atoms with E-state index in [2.05, 4.69) is 17.5 Å². The summed E-state index contributed by atoms with van der Waals surface area (Å²) in [7, 11) is 0. The Morgan fingerprint density at radius 1 is 1.33 bits per heavy atom. The summed E-state index contributed by atoms with van der Waals surface area (Å²) in [5, 5.41) is 3.50. The minimum atomic E-state index is 0. The van der Waals surface area contributed by atoms with Crippen molar-refractivity contribution >= 4 is 12.4 Å². The smallest absolute Gasteiger partial charge is 0.0253 e. The fraction of sp³-hybridized carbons (Fsp3) is 0.714. The average molecular weight is 146 g/mol. The van der Waals surface area contributed by atoms with Crippen LogP contribution in [0.4, 0.5) is 0 Å². The summed E-state index contributed by atoms with van der Waals surface area (Å²) in [4.78, 5) is 0. The van der Waals surface area contributed by atoms with Crippen LogP contribution in [-0.2, 0) is 0 Å². The van der Waals surface area contributed by atoms with Gasteiger partial charge in [0.2, 0.25) is 0 Å². The summed E-state index contributed by atoms with van der Waals surface area (Å²) in [6, 6.07) is 1.55. The van der Waals surface area contributed by atoms with Crippen molar-refractivity contribution in [2.75, 3.05) is 0 Å². The van der Waals surface area contributed by atoms with E-state index < -0.39 is 0 Å². The minimum Gasteiger partial charge on any atom is -0.307 e. The molecule has 2 bridgehead atoms. The Balaban J connectivity index is 0.000000405. The van der Waals surface area contributed by atoms with Crippen LogP contribution in [0.2, 0.25) is 0 Å². The summed E-state index contributed by atoms with van der Waals surface area (Å²) < 4.78 is 0. The van der Waals surface area contributed by atoms with Crippen LogP contribution in [0, 0.1) is 0 Å². The van der Waals surface area contributed by atoms with Crippen LogP contribution < -0.4 is 5.32 Å². The Morgan fingerprint density at radius 3 is 2.89 bits per heavy atom. The lowest BCUT2D eigenvalue weighted by Gasteiger charge is -2.13. The van der Waals surface area contributed by atoms with Crippen LogP contribution in [0.25, 0.3) is 0 Å². The fourth-order valence-corrected chi connectivity index (χ4v) is 1.59. The highest BCUT2D eigenvalue weighted by atomic mass is 35.5. The SMILES string of the molecule is C1=CC2CCC(C1)N2.Cl. The van der Waals surface area contributed by atoms with Crippen molar-refractivity contribution in [1.82, 2.24) is 5.32 Å². The van der Waals surface area contributed by atoms with E-state index in [-0.39, 0.29) is 12.4 Å². The highest BCUT2D eigenvalue weighted by molar-refractivity contribution is 5.85. The molecule has 0 aromatic rings. The molecule has 2 heterocycles. The first-order chi connectivity index (χ1) is 3.95. The third-order valence-electron chi connectivity index (χ3n) is 2.06. The predicted octanol–water partition coefficient (Wildman–Crippen LogP) is 1.49. The third-order valence-corrected chi connectivity index (χ3v) is 2.06. The molecule has 0 aromatic carbocycles. The van der Waals surface area contributed by atoms with Crippen molar-refractivity contribution in [2.45, 2.75) is 31.3 Å². The van der Waals surface area contributed by atoms with Gasteiger partial charge in [0.25, 0.3) is 0 Å². The van der Waals surface area contributed by atoms with E-state index in [1.54, 1.807) is 0 Å². The summed E-state index contributed by atoms with van der Waals surface area (Å²) in [6.07, 6.45) is 8.61. The molecule has 2 aliphatic rings. The van der Waals surface area contributed by atoms with Crippen molar-refractivity contribution in [2.24, 2.45) is 0 Å². The van der Waals surface area contributed by atoms with Crippen LogP contribution in [0.5, 0.6) is 0 Å². The van der Waals surface area contributed by atoms with Crippen molar-refractivity contribution in [3.8, 4) is 0 Å². The van der Waals surface area contributed by atoms with E-state index in [9.17, 15) is 0 Å². The highest BCUT2D eigenvalue weighted by Gasteiger charge is 2.23. The number of halogens is 1. The average Bonchev–Trinajstić information content (AvgIpc) is 2.12. The zero-order chi connectivity index (χ0) is 5.40. The van der Waals surface area contributed by atoms with Crippen molar-refractivity contribution in [3.63, 3.8) is 0 Å². The second-order valence-electron chi connectivity index (χ2n) is 2.71. The largest absolute Gasteiger partial charge is 0.307 e. The first-order valence-corrected chi connectivity index (χ1v) is 3.38. The molecule has 2 heteroatoms. The molecular formula is C7H12ClN. The standard InChI is InChI=1S/C7H11N.ClH/c1-2-6-4-5-7(3-1)8-6;/h1-2,6-8H,3-5H2;1H. The second kappa shape index (κ2) is 2.72. The zero-order valence-corrected chi connectivity index (χ0v) is 6.16. The van der Waals surface area contributed by atoms with Gasteiger partial charge in [0.05, 0.1) is 0 Å². The van der Waals surface area contributed by atoms with E-state index >= 15 is 0 Å². The van der Waals surface area contributed by atoms with Gasteiger partial charge in [-0.3, -0.25) is 0 Å². The van der Waals surface area contributed by atoms with Crippen molar-refractivity contribution < 1.29 is 0 Å². The van der Waals surface area contributed by atoms with E-state index in [4.69, 9.17) is 0 Å². The Kier molecular flexibility index (Phi) is 2.14. The molecule has 1 nitrogen and oxygen atoms in total. The zero-order valence-electron chi connectivity index (χ0n) is 5.34. The Morgan fingerprint density at radius 2 is 2.22 bits per heavy atom. The molecule has 2 unspecified atom stereocenters. The minimum absolute atomic E-state index is 0. The lowest BCUT2D eigenvalue weighted by atomic mass is 10.2. The fourth-order valence-electron chi connectivity index (χ4n) is 1.59. The highest BCUT2D eigenvalue weighted by Crippen LogP contribution is 2.20. The van der Waals surface area contributed by atoms with Crippen molar-refractivity contribution in [3.05, 3.63) is 12.2 Å². The number of fused-ring (bicyclic) bond motifs is 2. The van der Waals surface area contributed by atoms with Gasteiger partial charge in [-0.25, -0.2) is 0 Å². The van der Waals surface area contributed by atoms with E-state index in [0.717, 1.165) is 12.1 Å². The molecule has 0 aromatic heterocycles.